The molecule has 3 rings (SSSR count). The van der Waals surface area contributed by atoms with Crippen LogP contribution in [0, 0.1) is 0 Å². The van der Waals surface area contributed by atoms with Gasteiger partial charge < -0.3 is 9.80 Å². The van der Waals surface area contributed by atoms with Crippen LogP contribution < -0.4 is 0 Å². The normalized spacial score (nSPS) is 13.2. The van der Waals surface area contributed by atoms with Crippen molar-refractivity contribution in [1.82, 2.24) is 19.6 Å². The van der Waals surface area contributed by atoms with Crippen molar-refractivity contribution in [2.45, 2.75) is 26.4 Å². The number of carbonyl (C=O) groups is 2. The molecule has 24 heavy (non-hydrogen) atoms. The first-order valence-corrected chi connectivity index (χ1v) is 8.31. The van der Waals surface area contributed by atoms with E-state index in [0.717, 1.165) is 11.1 Å². The highest BCUT2D eigenvalue weighted by Gasteiger charge is 2.27. The van der Waals surface area contributed by atoms with Crippen molar-refractivity contribution in [2.75, 3.05) is 19.6 Å². The minimum atomic E-state index is 0.0259. The number of carbonyl (C=O) groups excluding carboxylic acids is 2. The molecule has 2 heterocycles. The predicted octanol–water partition coefficient (Wildman–Crippen LogP) is 1.78. The summed E-state index contributed by atoms with van der Waals surface area (Å²) in [5.41, 5.74) is 1.80. The summed E-state index contributed by atoms with van der Waals surface area (Å²) in [6.45, 7) is 5.00. The topological polar surface area (TPSA) is 58.4 Å². The summed E-state index contributed by atoms with van der Waals surface area (Å²) in [6, 6.07) is 9.50. The Morgan fingerprint density at radius 3 is 2.79 bits per heavy atom. The fraction of sp³-hybridized carbons (Fsp3) is 0.389. The molecule has 0 unspecified atom stereocenters. The molecule has 126 valence electrons. The van der Waals surface area contributed by atoms with Crippen LogP contribution in [-0.4, -0.2) is 51.0 Å². The van der Waals surface area contributed by atoms with Crippen molar-refractivity contribution in [3.8, 4) is 0 Å². The van der Waals surface area contributed by atoms with E-state index in [0.29, 0.717) is 39.1 Å². The molecule has 0 aliphatic carbocycles. The molecule has 0 N–H and O–H groups in total. The van der Waals surface area contributed by atoms with Crippen LogP contribution in [0.3, 0.4) is 0 Å². The lowest BCUT2D eigenvalue weighted by molar-refractivity contribution is -0.131. The van der Waals surface area contributed by atoms with Crippen LogP contribution in [0.5, 0.6) is 0 Å². The van der Waals surface area contributed by atoms with Crippen molar-refractivity contribution in [1.29, 1.82) is 0 Å². The Hall–Kier alpha value is -2.63. The smallest absolute Gasteiger partial charge is 0.254 e. The van der Waals surface area contributed by atoms with Crippen LogP contribution in [-0.2, 0) is 17.9 Å². The lowest BCUT2D eigenvalue weighted by atomic mass is 10.1. The largest absolute Gasteiger partial charge is 0.341 e. The Morgan fingerprint density at radius 2 is 2.08 bits per heavy atom. The second kappa shape index (κ2) is 7.29. The Balaban J connectivity index is 1.50. The quantitative estimate of drug-likeness (QED) is 0.779. The summed E-state index contributed by atoms with van der Waals surface area (Å²) in [6.07, 6.45) is 3.97. The van der Waals surface area contributed by atoms with E-state index in [2.05, 4.69) is 5.10 Å². The first-order chi connectivity index (χ1) is 11.7. The number of hydrogen-bond acceptors (Lipinski definition) is 3. The third kappa shape index (κ3) is 3.48. The highest BCUT2D eigenvalue weighted by Crippen LogP contribution is 2.22. The predicted molar refractivity (Wildman–Crippen MR) is 90.3 cm³/mol. The number of nitrogens with zero attached hydrogens (tertiary/aromatic N) is 4. The molecule has 0 bridgehead atoms. The Kier molecular flexibility index (Phi) is 4.93. The van der Waals surface area contributed by atoms with Gasteiger partial charge in [-0.3, -0.25) is 14.3 Å². The summed E-state index contributed by atoms with van der Waals surface area (Å²) in [4.78, 5) is 28.3. The third-order valence-electron chi connectivity index (χ3n) is 4.38. The first-order valence-electron chi connectivity index (χ1n) is 8.31. The number of fused-ring (bicyclic) bond motifs is 1. The lowest BCUT2D eigenvalue weighted by Crippen LogP contribution is -2.36. The van der Waals surface area contributed by atoms with E-state index in [9.17, 15) is 9.59 Å². The summed E-state index contributed by atoms with van der Waals surface area (Å²) < 4.78 is 1.82. The maximum Gasteiger partial charge on any atom is 0.254 e. The molecule has 0 saturated heterocycles. The van der Waals surface area contributed by atoms with Gasteiger partial charge in [0.2, 0.25) is 5.91 Å². The molecule has 1 aliphatic rings. The molecule has 0 spiro atoms. The van der Waals surface area contributed by atoms with Crippen LogP contribution in [0.2, 0.25) is 0 Å². The van der Waals surface area contributed by atoms with Gasteiger partial charge in [-0.05, 0) is 24.6 Å². The SMILES string of the molecule is CCN(CCn1cccn1)C(=O)CCN1Cc2ccccc2C1=O. The Morgan fingerprint density at radius 1 is 1.25 bits per heavy atom. The van der Waals surface area contributed by atoms with Crippen LogP contribution in [0.15, 0.2) is 42.7 Å². The molecule has 2 amide bonds. The van der Waals surface area contributed by atoms with Crippen molar-refractivity contribution >= 4 is 11.8 Å². The van der Waals surface area contributed by atoms with E-state index < -0.39 is 0 Å². The third-order valence-corrected chi connectivity index (χ3v) is 4.38. The van der Waals surface area contributed by atoms with Crippen molar-refractivity contribution in [3.63, 3.8) is 0 Å². The van der Waals surface area contributed by atoms with E-state index in [4.69, 9.17) is 0 Å². The maximum atomic E-state index is 12.4. The van der Waals surface area contributed by atoms with E-state index in [1.54, 1.807) is 11.1 Å². The van der Waals surface area contributed by atoms with Gasteiger partial charge in [-0.25, -0.2) is 0 Å². The van der Waals surface area contributed by atoms with Crippen LogP contribution in [0.1, 0.15) is 29.3 Å². The zero-order valence-corrected chi connectivity index (χ0v) is 13.9. The highest BCUT2D eigenvalue weighted by atomic mass is 16.2. The van der Waals surface area contributed by atoms with Gasteiger partial charge in [0, 0.05) is 50.6 Å². The molecule has 1 aromatic carbocycles. The number of benzene rings is 1. The maximum absolute atomic E-state index is 12.4. The molecule has 2 aromatic rings. The minimum absolute atomic E-state index is 0.0259. The van der Waals surface area contributed by atoms with Gasteiger partial charge in [-0.15, -0.1) is 0 Å². The van der Waals surface area contributed by atoms with Gasteiger partial charge in [-0.1, -0.05) is 18.2 Å². The van der Waals surface area contributed by atoms with E-state index >= 15 is 0 Å². The van der Waals surface area contributed by atoms with Gasteiger partial charge in [-0.2, -0.15) is 5.10 Å². The number of aromatic nitrogens is 2. The van der Waals surface area contributed by atoms with Gasteiger partial charge in [0.1, 0.15) is 0 Å². The summed E-state index contributed by atoms with van der Waals surface area (Å²) in [7, 11) is 0. The average Bonchev–Trinajstić information content (AvgIpc) is 3.22. The van der Waals surface area contributed by atoms with Crippen LogP contribution in [0.4, 0.5) is 0 Å². The average molecular weight is 326 g/mol. The summed E-state index contributed by atoms with van der Waals surface area (Å²) >= 11 is 0. The molecule has 1 aliphatic heterocycles. The van der Waals surface area contributed by atoms with Crippen molar-refractivity contribution in [2.24, 2.45) is 0 Å². The van der Waals surface area contributed by atoms with E-state index in [1.807, 2.05) is 53.0 Å². The zero-order chi connectivity index (χ0) is 16.9. The van der Waals surface area contributed by atoms with Gasteiger partial charge >= 0.3 is 0 Å². The minimum Gasteiger partial charge on any atom is -0.341 e. The number of likely N-dealkylation sites (N-methyl/N-ethyl adjacent to an activating group) is 1. The first kappa shape index (κ1) is 16.2. The Bertz CT molecular complexity index is 712. The number of hydrogen-bond donors (Lipinski definition) is 0. The molecule has 0 atom stereocenters. The molecule has 6 heteroatoms. The standard InChI is InChI=1S/C18H22N4O2/c1-2-20(12-13-22-10-5-9-19-22)17(23)8-11-21-14-15-6-3-4-7-16(15)18(21)24/h3-7,9-10H,2,8,11-14H2,1H3. The molecule has 1 aromatic heterocycles. The second-order valence-corrected chi connectivity index (χ2v) is 5.88. The Labute approximate surface area is 141 Å². The molecule has 0 radical (unpaired) electrons. The van der Waals surface area contributed by atoms with Crippen LogP contribution in [0.25, 0.3) is 0 Å². The highest BCUT2D eigenvalue weighted by molar-refractivity contribution is 5.98. The fourth-order valence-electron chi connectivity index (χ4n) is 3.00. The lowest BCUT2D eigenvalue weighted by Gasteiger charge is -2.22. The van der Waals surface area contributed by atoms with Gasteiger partial charge in [0.15, 0.2) is 0 Å². The summed E-state index contributed by atoms with van der Waals surface area (Å²) in [5.74, 6) is 0.103. The number of amides is 2. The van der Waals surface area contributed by atoms with E-state index in [-0.39, 0.29) is 11.8 Å². The molecule has 6 nitrogen and oxygen atoms in total. The van der Waals surface area contributed by atoms with Crippen LogP contribution >= 0.6 is 0 Å². The molecular weight excluding hydrogens is 304 g/mol. The molecular formula is C18H22N4O2. The molecule has 0 fully saturated rings. The van der Waals surface area contributed by atoms with Crippen molar-refractivity contribution < 1.29 is 9.59 Å². The van der Waals surface area contributed by atoms with Gasteiger partial charge in [0.05, 0.1) is 6.54 Å². The van der Waals surface area contributed by atoms with E-state index in [1.165, 1.54) is 0 Å². The monoisotopic (exact) mass is 326 g/mol. The number of rotatable bonds is 7. The fourth-order valence-corrected chi connectivity index (χ4v) is 3.00. The molecule has 0 saturated carbocycles. The van der Waals surface area contributed by atoms with Gasteiger partial charge in [0.25, 0.3) is 5.91 Å². The zero-order valence-electron chi connectivity index (χ0n) is 13.9. The second-order valence-electron chi connectivity index (χ2n) is 5.88. The summed E-state index contributed by atoms with van der Waals surface area (Å²) in [5, 5.41) is 4.15. The van der Waals surface area contributed by atoms with Crippen molar-refractivity contribution in [3.05, 3.63) is 53.9 Å².